The largest absolute Gasteiger partial charge is 0.306 e. The second kappa shape index (κ2) is 12.9. The molecule has 2 aliphatic heterocycles. The molecule has 218 valence electrons. The fraction of sp³-hybridized carbons (Fsp3) is 0.528. The fourth-order valence-electron chi connectivity index (χ4n) is 7.11. The van der Waals surface area contributed by atoms with E-state index < -0.39 is 0 Å². The number of hydrogen-bond donors (Lipinski definition) is 0. The van der Waals surface area contributed by atoms with Crippen molar-refractivity contribution < 1.29 is 0 Å². The van der Waals surface area contributed by atoms with E-state index in [2.05, 4.69) is 90.5 Å². The Hall–Kier alpha value is -3.05. The Bertz CT molecular complexity index is 1450. The van der Waals surface area contributed by atoms with Gasteiger partial charge in [0.1, 0.15) is 0 Å². The predicted octanol–water partition coefficient (Wildman–Crippen LogP) is 8.62. The second-order valence-corrected chi connectivity index (χ2v) is 12.9. The molecule has 0 bridgehead atoms. The summed E-state index contributed by atoms with van der Waals surface area (Å²) in [6.45, 7) is 11.6. The summed E-state index contributed by atoms with van der Waals surface area (Å²) in [5, 5.41) is 14.5. The molecule has 6 rings (SSSR count). The van der Waals surface area contributed by atoms with E-state index in [1.54, 1.807) is 0 Å². The monoisotopic (exact) mass is 551 g/mol. The van der Waals surface area contributed by atoms with Crippen molar-refractivity contribution in [2.24, 2.45) is 28.6 Å². The summed E-state index contributed by atoms with van der Waals surface area (Å²) in [5.41, 5.74) is 10.2. The van der Waals surface area contributed by atoms with Crippen molar-refractivity contribution in [1.29, 1.82) is 0 Å². The summed E-state index contributed by atoms with van der Waals surface area (Å²) in [7, 11) is 4.24. The van der Waals surface area contributed by atoms with Gasteiger partial charge in [-0.15, -0.1) is 0 Å². The molecule has 1 atom stereocenters. The van der Waals surface area contributed by atoms with Crippen LogP contribution in [0.2, 0.25) is 0 Å². The van der Waals surface area contributed by atoms with Crippen molar-refractivity contribution in [2.75, 3.05) is 20.1 Å². The minimum Gasteiger partial charge on any atom is -0.306 e. The zero-order chi connectivity index (χ0) is 29.0. The Kier molecular flexibility index (Phi) is 9.23. The van der Waals surface area contributed by atoms with Gasteiger partial charge in [-0.3, -0.25) is 4.68 Å². The third-order valence-electron chi connectivity index (χ3n) is 9.68. The summed E-state index contributed by atoms with van der Waals surface area (Å²) in [4.78, 5) is 2.49. The molecule has 5 heteroatoms. The molecule has 3 aliphatic rings. The summed E-state index contributed by atoms with van der Waals surface area (Å²) in [6, 6.07) is 13.2. The van der Waals surface area contributed by atoms with Gasteiger partial charge in [0.2, 0.25) is 0 Å². The van der Waals surface area contributed by atoms with Gasteiger partial charge in [0.25, 0.3) is 0 Å². The average molecular weight is 552 g/mol. The van der Waals surface area contributed by atoms with Gasteiger partial charge >= 0.3 is 0 Å². The molecule has 3 heterocycles. The summed E-state index contributed by atoms with van der Waals surface area (Å²) < 4.78 is 1.91. The fourth-order valence-corrected chi connectivity index (χ4v) is 7.11. The van der Waals surface area contributed by atoms with Gasteiger partial charge in [0.15, 0.2) is 0 Å². The van der Waals surface area contributed by atoms with E-state index in [4.69, 9.17) is 0 Å². The molecule has 0 amide bonds. The Morgan fingerprint density at radius 3 is 2.41 bits per heavy atom. The van der Waals surface area contributed by atoms with Crippen LogP contribution < -0.4 is 0 Å². The van der Waals surface area contributed by atoms with Crippen LogP contribution in [0.15, 0.2) is 64.4 Å². The number of nitrogens with zero attached hydrogens (tertiary/aromatic N) is 5. The van der Waals surface area contributed by atoms with E-state index in [9.17, 15) is 0 Å². The van der Waals surface area contributed by atoms with E-state index in [-0.39, 0.29) is 0 Å². The third kappa shape index (κ3) is 6.89. The van der Waals surface area contributed by atoms with Crippen LogP contribution in [-0.2, 0) is 13.5 Å². The molecule has 2 aromatic carbocycles. The van der Waals surface area contributed by atoms with E-state index in [0.717, 1.165) is 52.9 Å². The molecule has 1 spiro atoms. The molecule has 1 saturated heterocycles. The smallest absolute Gasteiger partial charge is 0.0931 e. The highest BCUT2D eigenvalue weighted by Gasteiger charge is 2.36. The van der Waals surface area contributed by atoms with E-state index in [1.807, 2.05) is 24.9 Å². The summed E-state index contributed by atoms with van der Waals surface area (Å²) in [5.74, 6) is 0.997. The van der Waals surface area contributed by atoms with Gasteiger partial charge in [-0.05, 0) is 112 Å². The minimum absolute atomic E-state index is 0.768. The van der Waals surface area contributed by atoms with Crippen LogP contribution in [0, 0.1) is 11.3 Å². The molecule has 0 N–H and O–H groups in total. The highest BCUT2D eigenvalue weighted by Crippen LogP contribution is 2.46. The minimum atomic E-state index is 0.768. The maximum Gasteiger partial charge on any atom is 0.0931 e. The number of hydrogen-bond acceptors (Lipinski definition) is 4. The summed E-state index contributed by atoms with van der Waals surface area (Å²) >= 11 is 0. The van der Waals surface area contributed by atoms with Crippen molar-refractivity contribution in [2.45, 2.75) is 85.5 Å². The van der Waals surface area contributed by atoms with Crippen LogP contribution in [0.1, 0.15) is 90.2 Å². The number of fused-ring (bicyclic) bond motifs is 1. The van der Waals surface area contributed by atoms with E-state index in [1.165, 1.54) is 79.4 Å². The molecule has 1 aliphatic carbocycles. The predicted molar refractivity (Wildman–Crippen MR) is 175 cm³/mol. The normalized spacial score (nSPS) is 21.0. The van der Waals surface area contributed by atoms with Crippen LogP contribution in [0.3, 0.4) is 0 Å². The first-order valence-corrected chi connectivity index (χ1v) is 15.8. The van der Waals surface area contributed by atoms with Crippen molar-refractivity contribution >= 4 is 22.3 Å². The SMILES string of the molecule is CC1CCCC2(CCN(C)CC2)C1.CCC1=CC(c2ccc(-c3ccc4c(cnn4C)c3)cc2CC)=NN=C(C)C1. The number of aromatic nitrogens is 2. The van der Waals surface area contributed by atoms with Gasteiger partial charge < -0.3 is 4.90 Å². The van der Waals surface area contributed by atoms with Gasteiger partial charge in [-0.2, -0.15) is 15.3 Å². The lowest BCUT2D eigenvalue weighted by atomic mass is 9.65. The zero-order valence-corrected chi connectivity index (χ0v) is 26.2. The lowest BCUT2D eigenvalue weighted by molar-refractivity contribution is 0.0594. The Morgan fingerprint density at radius 2 is 1.68 bits per heavy atom. The first-order chi connectivity index (χ1) is 19.8. The lowest BCUT2D eigenvalue weighted by Gasteiger charge is -2.45. The van der Waals surface area contributed by atoms with Crippen LogP contribution in [-0.4, -0.2) is 46.2 Å². The van der Waals surface area contributed by atoms with Crippen molar-refractivity contribution in [3.05, 3.63) is 65.4 Å². The third-order valence-corrected chi connectivity index (χ3v) is 9.68. The quantitative estimate of drug-likeness (QED) is 0.326. The van der Waals surface area contributed by atoms with Crippen LogP contribution in [0.4, 0.5) is 0 Å². The molecule has 5 nitrogen and oxygen atoms in total. The number of rotatable bonds is 4. The average Bonchev–Trinajstić information content (AvgIpc) is 3.24. The zero-order valence-electron chi connectivity index (χ0n) is 26.2. The van der Waals surface area contributed by atoms with Crippen LogP contribution >= 0.6 is 0 Å². The van der Waals surface area contributed by atoms with Gasteiger partial charge in [-0.25, -0.2) is 0 Å². The van der Waals surface area contributed by atoms with Crippen molar-refractivity contribution in [1.82, 2.24) is 14.7 Å². The maximum atomic E-state index is 4.54. The van der Waals surface area contributed by atoms with Gasteiger partial charge in [0, 0.05) is 30.1 Å². The molecule has 2 fully saturated rings. The lowest BCUT2D eigenvalue weighted by Crippen LogP contribution is -2.40. The summed E-state index contributed by atoms with van der Waals surface area (Å²) in [6.07, 6.45) is 16.0. The van der Waals surface area contributed by atoms with E-state index >= 15 is 0 Å². The number of likely N-dealkylation sites (tertiary alicyclic amines) is 1. The van der Waals surface area contributed by atoms with Gasteiger partial charge in [0.05, 0.1) is 17.4 Å². The molecule has 3 aromatic rings. The maximum absolute atomic E-state index is 4.54. The van der Waals surface area contributed by atoms with Gasteiger partial charge in [-0.1, -0.05) is 63.5 Å². The van der Waals surface area contributed by atoms with Crippen LogP contribution in [0.5, 0.6) is 0 Å². The topological polar surface area (TPSA) is 45.8 Å². The molecule has 1 unspecified atom stereocenters. The van der Waals surface area contributed by atoms with Crippen molar-refractivity contribution in [3.63, 3.8) is 0 Å². The highest BCUT2D eigenvalue weighted by atomic mass is 15.2. The molecule has 41 heavy (non-hydrogen) atoms. The molecule has 1 aromatic heterocycles. The Labute approximate surface area is 247 Å². The Balaban J connectivity index is 0.000000216. The Morgan fingerprint density at radius 1 is 0.927 bits per heavy atom. The highest BCUT2D eigenvalue weighted by molar-refractivity contribution is 6.11. The number of aryl methyl sites for hydroxylation is 2. The van der Waals surface area contributed by atoms with Crippen molar-refractivity contribution in [3.8, 4) is 11.1 Å². The molecular formula is C36H49N5. The number of benzene rings is 2. The molecule has 0 radical (unpaired) electrons. The van der Waals surface area contributed by atoms with E-state index in [0.29, 0.717) is 0 Å². The molecule has 1 saturated carbocycles. The second-order valence-electron chi connectivity index (χ2n) is 12.9. The standard InChI is InChI=1S/C24H26N4.C12H23N/c1-5-17-11-16(3)26-27-23(12-17)22-9-7-19(13-18(22)6-2)20-8-10-24-21(14-20)15-25-28(24)4;1-11-4-3-5-12(10-11)6-8-13(2)9-7-12/h7-10,12-15H,5-6,11H2,1-4H3;11H,3-10H2,1-2H3. The first kappa shape index (κ1) is 29.4. The molecular weight excluding hydrogens is 502 g/mol. The number of piperidine rings is 1. The number of allylic oxidation sites excluding steroid dienone is 2. The van der Waals surface area contributed by atoms with Crippen LogP contribution in [0.25, 0.3) is 22.0 Å². The first-order valence-electron chi connectivity index (χ1n) is 15.8.